The molecule has 1 fully saturated rings. The largest absolute Gasteiger partial charge is 0.417 e. The summed E-state index contributed by atoms with van der Waals surface area (Å²) in [6, 6.07) is 7.95. The SMILES string of the molecule is NS(=O)(=O)c1ccc(N2CCOCC2)c(C(=O)Nc2ccc3[nH]c(=O)cc(C(F)(F)F)c3c2)c1. The monoisotopic (exact) mass is 496 g/mol. The van der Waals surface area contributed by atoms with Crippen LogP contribution in [0.25, 0.3) is 10.9 Å². The van der Waals surface area contributed by atoms with Crippen LogP contribution in [0.1, 0.15) is 15.9 Å². The van der Waals surface area contributed by atoms with Gasteiger partial charge in [-0.1, -0.05) is 0 Å². The second-order valence-corrected chi connectivity index (χ2v) is 9.14. The number of carbonyl (C=O) groups excluding carboxylic acids is 1. The zero-order valence-corrected chi connectivity index (χ0v) is 18.3. The molecule has 1 aliphatic heterocycles. The Morgan fingerprint density at radius 1 is 1.09 bits per heavy atom. The van der Waals surface area contributed by atoms with Crippen LogP contribution in [0.3, 0.4) is 0 Å². The van der Waals surface area contributed by atoms with Crippen molar-refractivity contribution in [2.75, 3.05) is 36.5 Å². The number of aromatic nitrogens is 1. The molecule has 0 radical (unpaired) electrons. The molecule has 0 saturated carbocycles. The zero-order valence-electron chi connectivity index (χ0n) is 17.5. The van der Waals surface area contributed by atoms with Crippen LogP contribution in [-0.2, 0) is 20.9 Å². The summed E-state index contributed by atoms with van der Waals surface area (Å²) in [4.78, 5) is 28.6. The van der Waals surface area contributed by atoms with Gasteiger partial charge in [-0.05, 0) is 36.4 Å². The van der Waals surface area contributed by atoms with Crippen molar-refractivity contribution >= 4 is 38.2 Å². The third-order valence-corrected chi connectivity index (χ3v) is 6.21. The number of primary sulfonamides is 1. The van der Waals surface area contributed by atoms with Gasteiger partial charge in [-0.3, -0.25) is 9.59 Å². The van der Waals surface area contributed by atoms with E-state index < -0.39 is 33.2 Å². The summed E-state index contributed by atoms with van der Waals surface area (Å²) in [6.45, 7) is 1.71. The molecular formula is C21H19F3N4O5S. The minimum atomic E-state index is -4.79. The van der Waals surface area contributed by atoms with E-state index in [4.69, 9.17) is 9.88 Å². The number of H-pyrrole nitrogens is 1. The van der Waals surface area contributed by atoms with E-state index in [9.17, 15) is 31.2 Å². The summed E-state index contributed by atoms with van der Waals surface area (Å²) in [5.74, 6) is -0.746. The Bertz CT molecular complexity index is 1430. The van der Waals surface area contributed by atoms with E-state index in [2.05, 4.69) is 10.3 Å². The number of halogens is 3. The third-order valence-electron chi connectivity index (χ3n) is 5.30. The first-order valence-electron chi connectivity index (χ1n) is 9.99. The summed E-state index contributed by atoms with van der Waals surface area (Å²) in [5, 5.41) is 7.41. The van der Waals surface area contributed by atoms with Crippen LogP contribution < -0.4 is 20.9 Å². The van der Waals surface area contributed by atoms with Gasteiger partial charge in [0.15, 0.2) is 0 Å². The van der Waals surface area contributed by atoms with Gasteiger partial charge in [-0.2, -0.15) is 13.2 Å². The Morgan fingerprint density at radius 2 is 1.79 bits per heavy atom. The number of nitrogens with zero attached hydrogens (tertiary/aromatic N) is 1. The van der Waals surface area contributed by atoms with Crippen LogP contribution in [0, 0.1) is 0 Å². The number of amides is 1. The third kappa shape index (κ3) is 4.90. The molecule has 0 aliphatic carbocycles. The molecule has 180 valence electrons. The number of fused-ring (bicyclic) bond motifs is 1. The maximum Gasteiger partial charge on any atom is 0.417 e. The van der Waals surface area contributed by atoms with Crippen molar-refractivity contribution in [3.63, 3.8) is 0 Å². The Morgan fingerprint density at radius 3 is 2.44 bits per heavy atom. The Kier molecular flexibility index (Phi) is 6.10. The first kappa shape index (κ1) is 23.7. The predicted octanol–water partition coefficient (Wildman–Crippen LogP) is 2.28. The van der Waals surface area contributed by atoms with E-state index in [0.717, 1.165) is 12.1 Å². The maximum atomic E-state index is 13.4. The van der Waals surface area contributed by atoms with Gasteiger partial charge in [0.25, 0.3) is 5.91 Å². The number of morpholine rings is 1. The Balaban J connectivity index is 1.76. The van der Waals surface area contributed by atoms with Gasteiger partial charge in [0.05, 0.1) is 29.2 Å². The molecular weight excluding hydrogens is 477 g/mol. The molecule has 0 spiro atoms. The van der Waals surface area contributed by atoms with Crippen molar-refractivity contribution in [2.24, 2.45) is 5.14 Å². The zero-order chi connectivity index (χ0) is 24.7. The predicted molar refractivity (Wildman–Crippen MR) is 118 cm³/mol. The lowest BCUT2D eigenvalue weighted by atomic mass is 10.1. The lowest BCUT2D eigenvalue weighted by molar-refractivity contribution is -0.136. The number of pyridine rings is 1. The molecule has 3 aromatic rings. The number of ether oxygens (including phenoxy) is 1. The van der Waals surface area contributed by atoms with E-state index in [1.165, 1.54) is 24.3 Å². The number of anilines is 2. The van der Waals surface area contributed by atoms with Gasteiger partial charge >= 0.3 is 6.18 Å². The van der Waals surface area contributed by atoms with Gasteiger partial charge in [-0.15, -0.1) is 0 Å². The highest BCUT2D eigenvalue weighted by Gasteiger charge is 2.33. The standard InChI is InChI=1S/C21H19F3N4O5S/c22-21(23,24)16-11-19(29)27-17-3-1-12(9-14(16)17)26-20(30)15-10-13(34(25,31)32)2-4-18(15)28-5-7-33-8-6-28/h1-4,9-11H,5-8H2,(H,26,30)(H,27,29)(H2,25,31,32). The molecule has 0 atom stereocenters. The number of rotatable bonds is 4. The van der Waals surface area contributed by atoms with E-state index in [1.54, 1.807) is 0 Å². The fourth-order valence-electron chi connectivity index (χ4n) is 3.72. The molecule has 0 unspecified atom stereocenters. The van der Waals surface area contributed by atoms with Gasteiger partial charge in [0.1, 0.15) is 0 Å². The number of aromatic amines is 1. The van der Waals surface area contributed by atoms with Gasteiger partial charge in [0.2, 0.25) is 15.6 Å². The lowest BCUT2D eigenvalue weighted by Gasteiger charge is -2.30. The molecule has 2 aromatic carbocycles. The highest BCUT2D eigenvalue weighted by atomic mass is 32.2. The summed E-state index contributed by atoms with van der Waals surface area (Å²) in [7, 11) is -4.12. The normalized spacial score (nSPS) is 14.9. The quantitative estimate of drug-likeness (QED) is 0.507. The van der Waals surface area contributed by atoms with E-state index >= 15 is 0 Å². The van der Waals surface area contributed by atoms with Crippen molar-refractivity contribution < 1.29 is 31.1 Å². The summed E-state index contributed by atoms with van der Waals surface area (Å²) < 4.78 is 69.3. The second kappa shape index (κ2) is 8.74. The summed E-state index contributed by atoms with van der Waals surface area (Å²) in [5.41, 5.74) is -1.69. The number of hydrogen-bond acceptors (Lipinski definition) is 6. The van der Waals surface area contributed by atoms with E-state index in [-0.39, 0.29) is 27.0 Å². The number of sulfonamides is 1. The molecule has 1 aliphatic rings. The summed E-state index contributed by atoms with van der Waals surface area (Å²) in [6.07, 6.45) is -4.79. The number of nitrogens with one attached hydrogen (secondary N) is 2. The molecule has 0 bridgehead atoms. The van der Waals surface area contributed by atoms with Gasteiger partial charge in [-0.25, -0.2) is 13.6 Å². The smallest absolute Gasteiger partial charge is 0.378 e. The molecule has 4 rings (SSSR count). The van der Waals surface area contributed by atoms with Crippen molar-refractivity contribution in [1.29, 1.82) is 0 Å². The number of alkyl halides is 3. The van der Waals surface area contributed by atoms with Crippen LogP contribution in [-0.4, -0.2) is 45.6 Å². The number of carbonyl (C=O) groups is 1. The summed E-state index contributed by atoms with van der Waals surface area (Å²) >= 11 is 0. The molecule has 2 heterocycles. The average Bonchev–Trinajstić information content (AvgIpc) is 2.77. The number of nitrogens with two attached hydrogens (primary N) is 1. The maximum absolute atomic E-state index is 13.4. The topological polar surface area (TPSA) is 135 Å². The Labute approximate surface area is 191 Å². The first-order chi connectivity index (χ1) is 15.9. The fourth-order valence-corrected chi connectivity index (χ4v) is 4.26. The highest BCUT2D eigenvalue weighted by molar-refractivity contribution is 7.89. The van der Waals surface area contributed by atoms with Crippen molar-refractivity contribution in [2.45, 2.75) is 11.1 Å². The van der Waals surface area contributed by atoms with Crippen molar-refractivity contribution in [3.05, 3.63) is 63.9 Å². The molecule has 34 heavy (non-hydrogen) atoms. The minimum absolute atomic E-state index is 0.0176. The molecule has 13 heteroatoms. The highest BCUT2D eigenvalue weighted by Crippen LogP contribution is 2.34. The first-order valence-corrected chi connectivity index (χ1v) is 11.5. The molecule has 1 amide bonds. The fraction of sp³-hybridized carbons (Fsp3) is 0.238. The van der Waals surface area contributed by atoms with Crippen LogP contribution >= 0.6 is 0 Å². The minimum Gasteiger partial charge on any atom is -0.378 e. The molecule has 1 aromatic heterocycles. The van der Waals surface area contributed by atoms with Gasteiger partial charge < -0.3 is 19.9 Å². The number of hydrogen-bond donors (Lipinski definition) is 3. The van der Waals surface area contributed by atoms with Crippen LogP contribution in [0.15, 0.2) is 52.2 Å². The number of benzene rings is 2. The Hall–Kier alpha value is -3.42. The van der Waals surface area contributed by atoms with Crippen molar-refractivity contribution in [3.8, 4) is 0 Å². The van der Waals surface area contributed by atoms with E-state index in [0.29, 0.717) is 38.1 Å². The molecule has 1 saturated heterocycles. The van der Waals surface area contributed by atoms with E-state index in [1.807, 2.05) is 4.90 Å². The van der Waals surface area contributed by atoms with Gasteiger partial charge in [0, 0.05) is 41.4 Å². The molecule has 9 nitrogen and oxygen atoms in total. The van der Waals surface area contributed by atoms with Crippen molar-refractivity contribution in [1.82, 2.24) is 4.98 Å². The van der Waals surface area contributed by atoms with Crippen LogP contribution in [0.5, 0.6) is 0 Å². The second-order valence-electron chi connectivity index (χ2n) is 7.58. The van der Waals surface area contributed by atoms with Crippen LogP contribution in [0.2, 0.25) is 0 Å². The van der Waals surface area contributed by atoms with Crippen LogP contribution in [0.4, 0.5) is 24.5 Å². The molecule has 4 N–H and O–H groups in total. The average molecular weight is 496 g/mol. The lowest BCUT2D eigenvalue weighted by Crippen LogP contribution is -2.37.